The molecule has 0 unspecified atom stereocenters. The molecule has 2 atom stereocenters. The van der Waals surface area contributed by atoms with Gasteiger partial charge in [-0.15, -0.1) is 0 Å². The Balaban J connectivity index is 1.49. The van der Waals surface area contributed by atoms with Crippen LogP contribution in [0.25, 0.3) is 0 Å². The highest BCUT2D eigenvalue weighted by Gasteiger charge is 2.42. The first-order valence-corrected chi connectivity index (χ1v) is 15.7. The molecule has 1 amide bonds. The molecule has 0 aliphatic carbocycles. The molecule has 50 heavy (non-hydrogen) atoms. The molecule has 1 saturated heterocycles. The lowest BCUT2D eigenvalue weighted by atomic mass is 9.91. The van der Waals surface area contributed by atoms with Crippen LogP contribution < -0.4 is 19.4 Å². The van der Waals surface area contributed by atoms with E-state index in [-0.39, 0.29) is 35.4 Å². The molecule has 4 aromatic rings. The zero-order chi connectivity index (χ0) is 35.6. The zero-order valence-corrected chi connectivity index (χ0v) is 26.9. The second-order valence-corrected chi connectivity index (χ2v) is 11.8. The van der Waals surface area contributed by atoms with Crippen molar-refractivity contribution in [1.29, 1.82) is 0 Å². The molecule has 3 aromatic heterocycles. The molecule has 0 N–H and O–H groups in total. The number of alkyl halides is 6. The second-order valence-electron chi connectivity index (χ2n) is 11.8. The Labute approximate surface area is 282 Å². The van der Waals surface area contributed by atoms with Gasteiger partial charge in [0.1, 0.15) is 6.33 Å². The largest absolute Gasteiger partial charge is 0.481 e. The number of hydrogen-bond acceptors (Lipinski definition) is 10. The summed E-state index contributed by atoms with van der Waals surface area (Å²) in [4.78, 5) is 40.7. The number of carbonyl (C=O) groups excluding carboxylic acids is 1. The first-order valence-electron chi connectivity index (χ1n) is 15.7. The first-order chi connectivity index (χ1) is 23.9. The van der Waals surface area contributed by atoms with Gasteiger partial charge in [0.2, 0.25) is 11.8 Å². The molecule has 0 saturated carbocycles. The van der Waals surface area contributed by atoms with Crippen LogP contribution >= 0.6 is 0 Å². The van der Waals surface area contributed by atoms with Crippen LogP contribution in [0.2, 0.25) is 0 Å². The van der Waals surface area contributed by atoms with Crippen LogP contribution in [0.5, 0.6) is 5.88 Å². The first kappa shape index (κ1) is 34.8. The number of rotatable bonds is 8. The number of carbonyl (C=O) groups is 1. The molecule has 0 radical (unpaired) electrons. The summed E-state index contributed by atoms with van der Waals surface area (Å²) >= 11 is 0. The van der Waals surface area contributed by atoms with E-state index in [1.54, 1.807) is 29.4 Å². The number of pyridine rings is 1. The summed E-state index contributed by atoms with van der Waals surface area (Å²) in [6.45, 7) is 3.59. The average molecular weight is 703 g/mol. The second kappa shape index (κ2) is 14.0. The molecule has 0 spiro atoms. The van der Waals surface area contributed by atoms with Crippen molar-refractivity contribution in [2.24, 2.45) is 0 Å². The fourth-order valence-corrected chi connectivity index (χ4v) is 6.21. The maximum absolute atomic E-state index is 13.9. The van der Waals surface area contributed by atoms with E-state index in [0.29, 0.717) is 61.9 Å². The highest BCUT2D eigenvalue weighted by atomic mass is 19.4. The van der Waals surface area contributed by atoms with Crippen LogP contribution in [0.3, 0.4) is 0 Å². The van der Waals surface area contributed by atoms with Gasteiger partial charge in [0.15, 0.2) is 0 Å². The van der Waals surface area contributed by atoms with Crippen molar-refractivity contribution >= 4 is 23.2 Å². The normalized spacial score (nSPS) is 18.1. The molecule has 1 fully saturated rings. The molecule has 5 heterocycles. The van der Waals surface area contributed by atoms with Gasteiger partial charge in [-0.25, -0.2) is 24.9 Å². The highest BCUT2D eigenvalue weighted by molar-refractivity contribution is 6.06. The Hall–Kier alpha value is -5.06. The third-order valence-electron chi connectivity index (χ3n) is 8.65. The third-order valence-corrected chi connectivity index (χ3v) is 8.65. The van der Waals surface area contributed by atoms with E-state index in [0.717, 1.165) is 0 Å². The van der Waals surface area contributed by atoms with E-state index in [4.69, 9.17) is 9.47 Å². The average Bonchev–Trinajstić information content (AvgIpc) is 3.12. The SMILES string of the molecule is CC[C@@H]1C[C@H](N(Cc2cc(C(F)(F)F)cc(C(F)(F)F)c2)c2ncc(N3CCOCC3)cn2)c2nc(OC)ccc2N1C(=O)c1cncnc1. The topological polar surface area (TPSA) is 110 Å². The van der Waals surface area contributed by atoms with Gasteiger partial charge in [0.05, 0.1) is 72.5 Å². The monoisotopic (exact) mass is 702 g/mol. The number of halogens is 6. The molecule has 11 nitrogen and oxygen atoms in total. The number of amides is 1. The fraction of sp³-hybridized carbons (Fsp3) is 0.394. The van der Waals surface area contributed by atoms with Gasteiger partial charge in [-0.3, -0.25) is 4.79 Å². The maximum atomic E-state index is 13.9. The van der Waals surface area contributed by atoms with Gasteiger partial charge in [0.25, 0.3) is 5.91 Å². The Morgan fingerprint density at radius 2 is 1.60 bits per heavy atom. The zero-order valence-electron chi connectivity index (χ0n) is 26.9. The highest BCUT2D eigenvalue weighted by Crippen LogP contribution is 2.44. The van der Waals surface area contributed by atoms with E-state index < -0.39 is 48.0 Å². The van der Waals surface area contributed by atoms with Crippen LogP contribution in [-0.4, -0.2) is 70.3 Å². The predicted molar refractivity (Wildman–Crippen MR) is 169 cm³/mol. The van der Waals surface area contributed by atoms with Crippen LogP contribution in [0.1, 0.15) is 58.5 Å². The number of hydrogen-bond donors (Lipinski definition) is 0. The summed E-state index contributed by atoms with van der Waals surface area (Å²) in [5.74, 6) is -0.185. The number of fused-ring (bicyclic) bond motifs is 1. The maximum Gasteiger partial charge on any atom is 0.416 e. The van der Waals surface area contributed by atoms with Gasteiger partial charge >= 0.3 is 12.4 Å². The van der Waals surface area contributed by atoms with Crippen molar-refractivity contribution in [1.82, 2.24) is 24.9 Å². The van der Waals surface area contributed by atoms with E-state index in [2.05, 4.69) is 24.9 Å². The molecule has 6 rings (SSSR count). The minimum Gasteiger partial charge on any atom is -0.481 e. The van der Waals surface area contributed by atoms with Crippen LogP contribution in [0, 0.1) is 0 Å². The third kappa shape index (κ3) is 7.27. The summed E-state index contributed by atoms with van der Waals surface area (Å²) in [7, 11) is 1.40. The Morgan fingerprint density at radius 3 is 2.18 bits per heavy atom. The van der Waals surface area contributed by atoms with Crippen LogP contribution in [-0.2, 0) is 23.6 Å². The van der Waals surface area contributed by atoms with Crippen molar-refractivity contribution in [3.05, 3.63) is 89.4 Å². The summed E-state index contributed by atoms with van der Waals surface area (Å²) in [6, 6.07) is 3.37. The molecule has 2 aliphatic heterocycles. The Kier molecular flexibility index (Phi) is 9.78. The van der Waals surface area contributed by atoms with Crippen molar-refractivity contribution in [3.8, 4) is 5.88 Å². The minimum atomic E-state index is -5.04. The molecular weight excluding hydrogens is 670 g/mol. The number of methoxy groups -OCH3 is 1. The molecule has 1 aromatic carbocycles. The minimum absolute atomic E-state index is 0.0413. The van der Waals surface area contributed by atoms with Gasteiger partial charge in [-0.05, 0) is 42.7 Å². The molecular formula is C33H32F6N8O3. The Bertz CT molecular complexity index is 1770. The van der Waals surface area contributed by atoms with Crippen molar-refractivity contribution in [2.75, 3.05) is 48.1 Å². The summed E-state index contributed by atoms with van der Waals surface area (Å²) in [5, 5.41) is 0. The van der Waals surface area contributed by atoms with Crippen molar-refractivity contribution in [3.63, 3.8) is 0 Å². The molecule has 0 bridgehead atoms. The molecule has 264 valence electrons. The van der Waals surface area contributed by atoms with Gasteiger partial charge < -0.3 is 24.2 Å². The Morgan fingerprint density at radius 1 is 0.960 bits per heavy atom. The number of morpholine rings is 1. The van der Waals surface area contributed by atoms with E-state index in [1.165, 1.54) is 30.7 Å². The van der Waals surface area contributed by atoms with Crippen LogP contribution in [0.15, 0.2) is 61.4 Å². The van der Waals surface area contributed by atoms with Gasteiger partial charge in [-0.1, -0.05) is 6.92 Å². The van der Waals surface area contributed by atoms with Crippen molar-refractivity contribution < 1.29 is 40.6 Å². The number of benzene rings is 1. The quantitative estimate of drug-likeness (QED) is 0.199. The number of anilines is 3. The van der Waals surface area contributed by atoms with Crippen LogP contribution in [0.4, 0.5) is 43.7 Å². The number of aromatic nitrogens is 5. The molecule has 2 aliphatic rings. The predicted octanol–water partition coefficient (Wildman–Crippen LogP) is 6.12. The fourth-order valence-electron chi connectivity index (χ4n) is 6.21. The summed E-state index contributed by atoms with van der Waals surface area (Å²) < 4.78 is 94.3. The lowest BCUT2D eigenvalue weighted by molar-refractivity contribution is -0.143. The lowest BCUT2D eigenvalue weighted by Gasteiger charge is -2.44. The number of ether oxygens (including phenoxy) is 2. The van der Waals surface area contributed by atoms with E-state index in [9.17, 15) is 31.1 Å². The van der Waals surface area contributed by atoms with E-state index in [1.807, 2.05) is 11.8 Å². The standard InChI is InChI=1S/C33H32F6N8O3/c1-3-24-13-27(29-26(4-5-28(44-29)49-2)47(24)30(48)21-14-40-19-41-15-21)46(31-42-16-25(17-43-31)45-6-8-50-9-7-45)18-20-10-22(32(34,35)36)12-23(11-20)33(37,38)39/h4-5,10-12,14-17,19,24,27H,3,6-9,13,18H2,1-2H3/t24-,27+/m1/s1. The summed E-state index contributed by atoms with van der Waals surface area (Å²) in [5.41, 5.74) is -1.60. The van der Waals surface area contributed by atoms with E-state index >= 15 is 0 Å². The number of nitrogens with zero attached hydrogens (tertiary/aromatic N) is 8. The summed E-state index contributed by atoms with van der Waals surface area (Å²) in [6.07, 6.45) is -2.31. The smallest absolute Gasteiger partial charge is 0.416 e. The van der Waals surface area contributed by atoms with Gasteiger partial charge in [-0.2, -0.15) is 26.3 Å². The lowest BCUT2D eigenvalue weighted by Crippen LogP contribution is -2.48. The molecule has 17 heteroatoms. The van der Waals surface area contributed by atoms with Gasteiger partial charge in [0, 0.05) is 44.1 Å². The van der Waals surface area contributed by atoms with Crippen molar-refractivity contribution in [2.45, 2.75) is 50.7 Å².